The van der Waals surface area contributed by atoms with Crippen molar-refractivity contribution in [2.75, 3.05) is 7.11 Å². The molecule has 1 heterocycles. The van der Waals surface area contributed by atoms with E-state index in [4.69, 9.17) is 9.15 Å². The fourth-order valence-electron chi connectivity index (χ4n) is 1.82. The van der Waals surface area contributed by atoms with E-state index < -0.39 is 6.10 Å². The predicted octanol–water partition coefficient (Wildman–Crippen LogP) is 2.87. The van der Waals surface area contributed by atoms with Crippen molar-refractivity contribution in [3.63, 3.8) is 0 Å². The van der Waals surface area contributed by atoms with Gasteiger partial charge >= 0.3 is 0 Å². The van der Waals surface area contributed by atoms with Crippen LogP contribution < -0.4 is 4.74 Å². The molecule has 90 valence electrons. The minimum Gasteiger partial charge on any atom is -0.496 e. The van der Waals surface area contributed by atoms with E-state index in [1.807, 2.05) is 37.3 Å². The van der Waals surface area contributed by atoms with Crippen LogP contribution in [0.1, 0.15) is 23.0 Å². The third-order valence-electron chi connectivity index (χ3n) is 2.72. The number of benzene rings is 1. The zero-order valence-electron chi connectivity index (χ0n) is 10.0. The molecule has 1 aromatic heterocycles. The molecule has 3 nitrogen and oxygen atoms in total. The molecule has 1 aromatic carbocycles. The van der Waals surface area contributed by atoms with Gasteiger partial charge in [0.05, 0.1) is 19.5 Å². The first-order valence-corrected chi connectivity index (χ1v) is 5.55. The highest BCUT2D eigenvalue weighted by atomic mass is 16.5. The third-order valence-corrected chi connectivity index (χ3v) is 2.72. The van der Waals surface area contributed by atoms with Gasteiger partial charge in [0, 0.05) is 12.0 Å². The van der Waals surface area contributed by atoms with Crippen molar-refractivity contribution >= 4 is 0 Å². The second kappa shape index (κ2) is 5.06. The van der Waals surface area contributed by atoms with Gasteiger partial charge in [0.25, 0.3) is 0 Å². The summed E-state index contributed by atoms with van der Waals surface area (Å²) in [5.74, 6) is 1.48. The van der Waals surface area contributed by atoms with Crippen molar-refractivity contribution in [3.8, 4) is 5.75 Å². The van der Waals surface area contributed by atoms with E-state index >= 15 is 0 Å². The van der Waals surface area contributed by atoms with Crippen LogP contribution in [0.3, 0.4) is 0 Å². The molecule has 2 rings (SSSR count). The molecule has 0 fully saturated rings. The Morgan fingerprint density at radius 3 is 2.82 bits per heavy atom. The Balaban J connectivity index is 2.21. The molecule has 3 heteroatoms. The summed E-state index contributed by atoms with van der Waals surface area (Å²) in [6, 6.07) is 9.43. The molecule has 0 amide bonds. The fraction of sp³-hybridized carbons (Fsp3) is 0.286. The zero-order chi connectivity index (χ0) is 12.3. The summed E-state index contributed by atoms with van der Waals surface area (Å²) in [5.41, 5.74) is 1.89. The fourth-order valence-corrected chi connectivity index (χ4v) is 1.82. The molecule has 0 aliphatic rings. The van der Waals surface area contributed by atoms with Gasteiger partial charge in [0.2, 0.25) is 0 Å². The molecule has 0 saturated heterocycles. The molecule has 0 aliphatic heterocycles. The van der Waals surface area contributed by atoms with Crippen molar-refractivity contribution in [2.45, 2.75) is 19.4 Å². The van der Waals surface area contributed by atoms with Crippen LogP contribution in [0.15, 0.2) is 41.0 Å². The number of aliphatic hydroxyl groups excluding tert-OH is 1. The number of methoxy groups -OCH3 is 1. The molecular weight excluding hydrogens is 216 g/mol. The van der Waals surface area contributed by atoms with Crippen LogP contribution in [0.5, 0.6) is 5.75 Å². The molecule has 0 spiro atoms. The van der Waals surface area contributed by atoms with Crippen molar-refractivity contribution in [3.05, 3.63) is 53.5 Å². The van der Waals surface area contributed by atoms with Crippen molar-refractivity contribution < 1.29 is 14.3 Å². The van der Waals surface area contributed by atoms with E-state index in [9.17, 15) is 5.11 Å². The van der Waals surface area contributed by atoms with E-state index in [-0.39, 0.29) is 0 Å². The molecule has 1 atom stereocenters. The Morgan fingerprint density at radius 2 is 2.18 bits per heavy atom. The van der Waals surface area contributed by atoms with Gasteiger partial charge in [-0.05, 0) is 30.7 Å². The summed E-state index contributed by atoms with van der Waals surface area (Å²) in [5, 5.41) is 10.2. The van der Waals surface area contributed by atoms with Crippen LogP contribution >= 0.6 is 0 Å². The van der Waals surface area contributed by atoms with Gasteiger partial charge in [0.15, 0.2) is 0 Å². The number of aliphatic hydroxyl groups is 1. The lowest BCUT2D eigenvalue weighted by Gasteiger charge is -2.14. The highest BCUT2D eigenvalue weighted by Gasteiger charge is 2.15. The topological polar surface area (TPSA) is 42.6 Å². The maximum absolute atomic E-state index is 10.2. The summed E-state index contributed by atoms with van der Waals surface area (Å²) in [4.78, 5) is 0. The quantitative estimate of drug-likeness (QED) is 0.881. The maximum Gasteiger partial charge on any atom is 0.124 e. The van der Waals surface area contributed by atoms with Crippen LogP contribution in [0, 0.1) is 6.92 Å². The van der Waals surface area contributed by atoms with Crippen LogP contribution in [0.25, 0.3) is 0 Å². The number of aryl methyl sites for hydroxylation is 1. The standard InChI is InChI=1S/C14H16O3/c1-10-5-6-12(14(8-10)16-2)13(15)9-11-4-3-7-17-11/h3-8,13,15H,9H2,1-2H3. The van der Waals surface area contributed by atoms with Gasteiger partial charge < -0.3 is 14.3 Å². The largest absolute Gasteiger partial charge is 0.496 e. The Hall–Kier alpha value is -1.74. The highest BCUT2D eigenvalue weighted by Crippen LogP contribution is 2.28. The summed E-state index contributed by atoms with van der Waals surface area (Å²) in [6.45, 7) is 1.99. The van der Waals surface area contributed by atoms with E-state index in [0.717, 1.165) is 16.9 Å². The van der Waals surface area contributed by atoms with Crippen molar-refractivity contribution in [2.24, 2.45) is 0 Å². The van der Waals surface area contributed by atoms with E-state index in [1.165, 1.54) is 0 Å². The zero-order valence-corrected chi connectivity index (χ0v) is 10.0. The molecule has 0 bridgehead atoms. The van der Waals surface area contributed by atoms with E-state index in [1.54, 1.807) is 13.4 Å². The smallest absolute Gasteiger partial charge is 0.124 e. The first-order valence-electron chi connectivity index (χ1n) is 5.55. The Kier molecular flexibility index (Phi) is 3.49. The Bertz CT molecular complexity index is 474. The van der Waals surface area contributed by atoms with Gasteiger partial charge in [-0.2, -0.15) is 0 Å². The third kappa shape index (κ3) is 2.68. The van der Waals surface area contributed by atoms with E-state index in [0.29, 0.717) is 12.2 Å². The lowest BCUT2D eigenvalue weighted by atomic mass is 10.0. The lowest BCUT2D eigenvalue weighted by Crippen LogP contribution is -2.03. The molecule has 17 heavy (non-hydrogen) atoms. The Morgan fingerprint density at radius 1 is 1.35 bits per heavy atom. The van der Waals surface area contributed by atoms with Crippen LogP contribution in [-0.4, -0.2) is 12.2 Å². The summed E-state index contributed by atoms with van der Waals surface area (Å²) >= 11 is 0. The lowest BCUT2D eigenvalue weighted by molar-refractivity contribution is 0.166. The first-order chi connectivity index (χ1) is 8.20. The van der Waals surface area contributed by atoms with E-state index in [2.05, 4.69) is 0 Å². The molecule has 1 unspecified atom stereocenters. The number of hydrogen-bond donors (Lipinski definition) is 1. The number of hydrogen-bond acceptors (Lipinski definition) is 3. The predicted molar refractivity (Wildman–Crippen MR) is 65.1 cm³/mol. The average molecular weight is 232 g/mol. The van der Waals surface area contributed by atoms with Gasteiger partial charge in [-0.15, -0.1) is 0 Å². The number of rotatable bonds is 4. The van der Waals surface area contributed by atoms with Gasteiger partial charge in [-0.1, -0.05) is 12.1 Å². The highest BCUT2D eigenvalue weighted by molar-refractivity contribution is 5.38. The summed E-state index contributed by atoms with van der Waals surface area (Å²) in [6.07, 6.45) is 1.44. The SMILES string of the molecule is COc1cc(C)ccc1C(O)Cc1ccco1. The molecular formula is C14H16O3. The van der Waals surface area contributed by atoms with Crippen molar-refractivity contribution in [1.82, 2.24) is 0 Å². The summed E-state index contributed by atoms with van der Waals surface area (Å²) < 4.78 is 10.5. The average Bonchev–Trinajstić information content (AvgIpc) is 2.81. The van der Waals surface area contributed by atoms with Gasteiger partial charge in [-0.25, -0.2) is 0 Å². The summed E-state index contributed by atoms with van der Waals surface area (Å²) in [7, 11) is 1.61. The molecule has 1 N–H and O–H groups in total. The van der Waals surface area contributed by atoms with Gasteiger partial charge in [0.1, 0.15) is 11.5 Å². The maximum atomic E-state index is 10.2. The molecule has 2 aromatic rings. The minimum atomic E-state index is -0.614. The molecule has 0 aliphatic carbocycles. The van der Waals surface area contributed by atoms with Crippen LogP contribution in [0.4, 0.5) is 0 Å². The second-order valence-electron chi connectivity index (χ2n) is 4.04. The number of ether oxygens (including phenoxy) is 1. The normalized spacial score (nSPS) is 12.4. The Labute approximate surface area is 101 Å². The molecule has 0 radical (unpaired) electrons. The second-order valence-corrected chi connectivity index (χ2v) is 4.04. The molecule has 0 saturated carbocycles. The first kappa shape index (κ1) is 11.7. The van der Waals surface area contributed by atoms with Crippen LogP contribution in [-0.2, 0) is 6.42 Å². The number of furan rings is 1. The van der Waals surface area contributed by atoms with Crippen molar-refractivity contribution in [1.29, 1.82) is 0 Å². The van der Waals surface area contributed by atoms with Crippen LogP contribution in [0.2, 0.25) is 0 Å². The monoisotopic (exact) mass is 232 g/mol. The van der Waals surface area contributed by atoms with Gasteiger partial charge in [-0.3, -0.25) is 0 Å². The minimum absolute atomic E-state index is 0.451.